The molecule has 21 heavy (non-hydrogen) atoms. The normalized spacial score (nSPS) is 13.4. The van der Waals surface area contributed by atoms with Crippen LogP contribution in [0.2, 0.25) is 0 Å². The summed E-state index contributed by atoms with van der Waals surface area (Å²) in [5.41, 5.74) is 0.885. The Balaban J connectivity index is 2.41. The van der Waals surface area contributed by atoms with Crippen LogP contribution < -0.4 is 5.32 Å². The molecule has 1 atom stereocenters. The number of alkyl halides is 1. The van der Waals surface area contributed by atoms with Crippen LogP contribution in [-0.2, 0) is 11.3 Å². The minimum atomic E-state index is -0.372. The van der Waals surface area contributed by atoms with Crippen molar-refractivity contribution >= 4 is 28.5 Å². The van der Waals surface area contributed by atoms with Crippen LogP contribution in [0.4, 0.5) is 4.39 Å². The van der Waals surface area contributed by atoms with Gasteiger partial charge in [-0.25, -0.2) is 9.37 Å². The number of hydrogen-bond acceptors (Lipinski definition) is 2. The molecule has 0 aliphatic rings. The van der Waals surface area contributed by atoms with Gasteiger partial charge in [-0.1, -0.05) is 0 Å². The van der Waals surface area contributed by atoms with Crippen LogP contribution >= 0.6 is 11.6 Å². The number of benzene rings is 1. The lowest BCUT2D eigenvalue weighted by atomic mass is 10.1. The van der Waals surface area contributed by atoms with Crippen molar-refractivity contribution in [2.75, 3.05) is 0 Å². The number of aromatic nitrogens is 2. The van der Waals surface area contributed by atoms with E-state index in [2.05, 4.69) is 10.3 Å². The Hall–Kier alpha value is -1.62. The van der Waals surface area contributed by atoms with E-state index in [1.165, 1.54) is 12.1 Å². The average molecular weight is 312 g/mol. The summed E-state index contributed by atoms with van der Waals surface area (Å²) in [6, 6.07) is 4.31. The van der Waals surface area contributed by atoms with E-state index in [1.807, 2.05) is 20.8 Å². The van der Waals surface area contributed by atoms with Gasteiger partial charge in [0.25, 0.3) is 0 Å². The van der Waals surface area contributed by atoms with Crippen molar-refractivity contribution in [2.45, 2.75) is 45.2 Å². The van der Waals surface area contributed by atoms with Crippen LogP contribution in [0.3, 0.4) is 0 Å². The average Bonchev–Trinajstić information content (AvgIpc) is 2.64. The van der Waals surface area contributed by atoms with Gasteiger partial charge in [-0.05, 0) is 39.8 Å². The molecular formula is C15H19ClFN3O. The van der Waals surface area contributed by atoms with E-state index in [-0.39, 0.29) is 29.2 Å². The molecule has 1 heterocycles. The van der Waals surface area contributed by atoms with Crippen molar-refractivity contribution in [3.05, 3.63) is 29.8 Å². The van der Waals surface area contributed by atoms with Gasteiger partial charge >= 0.3 is 0 Å². The van der Waals surface area contributed by atoms with Crippen molar-refractivity contribution in [1.82, 2.24) is 14.9 Å². The van der Waals surface area contributed by atoms with Crippen LogP contribution in [-0.4, -0.2) is 21.0 Å². The van der Waals surface area contributed by atoms with Crippen molar-refractivity contribution < 1.29 is 9.18 Å². The molecule has 2 rings (SSSR count). The maximum Gasteiger partial charge on any atom is 0.240 e. The summed E-state index contributed by atoms with van der Waals surface area (Å²) >= 11 is 6.13. The number of carbonyl (C=O) groups excluding carboxylic acids is 1. The second kappa shape index (κ2) is 5.64. The molecule has 1 unspecified atom stereocenters. The molecule has 114 valence electrons. The van der Waals surface area contributed by atoms with Gasteiger partial charge in [-0.3, -0.25) is 4.79 Å². The zero-order chi connectivity index (χ0) is 15.8. The van der Waals surface area contributed by atoms with Crippen LogP contribution in [0.5, 0.6) is 0 Å². The van der Waals surface area contributed by atoms with E-state index in [9.17, 15) is 9.18 Å². The molecule has 6 heteroatoms. The molecule has 0 fully saturated rings. The highest BCUT2D eigenvalue weighted by Gasteiger charge is 2.20. The van der Waals surface area contributed by atoms with E-state index >= 15 is 0 Å². The number of imidazole rings is 1. The number of halogens is 2. The molecule has 0 saturated carbocycles. The van der Waals surface area contributed by atoms with Gasteiger partial charge in [0.1, 0.15) is 18.2 Å². The molecule has 1 amide bonds. The third kappa shape index (κ3) is 3.73. The summed E-state index contributed by atoms with van der Waals surface area (Å²) in [6.45, 7) is 7.62. The minimum Gasteiger partial charge on any atom is -0.350 e. The maximum atomic E-state index is 13.3. The lowest BCUT2D eigenvalue weighted by molar-refractivity contribution is -0.123. The predicted octanol–water partition coefficient (Wildman–Crippen LogP) is 3.39. The van der Waals surface area contributed by atoms with Gasteiger partial charge in [0, 0.05) is 11.6 Å². The van der Waals surface area contributed by atoms with Crippen LogP contribution in [0.15, 0.2) is 18.2 Å². The lowest BCUT2D eigenvalue weighted by Crippen LogP contribution is -2.42. The first-order valence-corrected chi connectivity index (χ1v) is 7.22. The van der Waals surface area contributed by atoms with Crippen LogP contribution in [0.1, 0.15) is 38.9 Å². The molecule has 0 aliphatic heterocycles. The SMILES string of the molecule is CC(Cl)c1nc2cc(F)ccc2n1CC(=O)NC(C)(C)C. The molecule has 1 aromatic carbocycles. The van der Waals surface area contributed by atoms with Crippen molar-refractivity contribution in [3.8, 4) is 0 Å². The summed E-state index contributed by atoms with van der Waals surface area (Å²) in [5, 5.41) is 2.52. The number of hydrogen-bond donors (Lipinski definition) is 1. The van der Waals surface area contributed by atoms with Gasteiger partial charge in [0.2, 0.25) is 5.91 Å². The largest absolute Gasteiger partial charge is 0.350 e. The predicted molar refractivity (Wildman–Crippen MR) is 81.9 cm³/mol. The number of fused-ring (bicyclic) bond motifs is 1. The zero-order valence-electron chi connectivity index (χ0n) is 12.6. The molecule has 0 aliphatic carbocycles. The van der Waals surface area contributed by atoms with Crippen molar-refractivity contribution in [1.29, 1.82) is 0 Å². The van der Waals surface area contributed by atoms with Gasteiger partial charge in [-0.2, -0.15) is 0 Å². The number of nitrogens with one attached hydrogen (secondary N) is 1. The topological polar surface area (TPSA) is 46.9 Å². The second-order valence-electron chi connectivity index (χ2n) is 6.10. The van der Waals surface area contributed by atoms with E-state index < -0.39 is 0 Å². The first kappa shape index (κ1) is 15.8. The fraction of sp³-hybridized carbons (Fsp3) is 0.467. The first-order valence-electron chi connectivity index (χ1n) is 6.78. The number of amides is 1. The number of carbonyl (C=O) groups is 1. The minimum absolute atomic E-state index is 0.103. The van der Waals surface area contributed by atoms with Crippen molar-refractivity contribution in [2.24, 2.45) is 0 Å². The Morgan fingerprint density at radius 1 is 1.48 bits per heavy atom. The Labute approximate surface area is 128 Å². The Bertz CT molecular complexity index is 673. The van der Waals surface area contributed by atoms with Crippen molar-refractivity contribution in [3.63, 3.8) is 0 Å². The number of nitrogens with zero attached hydrogens (tertiary/aromatic N) is 2. The Morgan fingerprint density at radius 3 is 2.71 bits per heavy atom. The van der Waals surface area contributed by atoms with Gasteiger partial charge in [0.05, 0.1) is 16.4 Å². The molecule has 0 bridgehead atoms. The third-order valence-corrected chi connectivity index (χ3v) is 3.11. The Kier molecular flexibility index (Phi) is 4.23. The monoisotopic (exact) mass is 311 g/mol. The molecule has 0 spiro atoms. The molecule has 4 nitrogen and oxygen atoms in total. The molecule has 0 saturated heterocycles. The van der Waals surface area contributed by atoms with E-state index in [0.717, 1.165) is 0 Å². The summed E-state index contributed by atoms with van der Waals surface area (Å²) in [7, 11) is 0. The fourth-order valence-electron chi connectivity index (χ4n) is 2.19. The molecule has 1 N–H and O–H groups in total. The molecular weight excluding hydrogens is 293 g/mol. The van der Waals surface area contributed by atoms with Gasteiger partial charge < -0.3 is 9.88 Å². The number of rotatable bonds is 3. The van der Waals surface area contributed by atoms with Crippen LogP contribution in [0, 0.1) is 5.82 Å². The molecule has 1 aromatic heterocycles. The highest BCUT2D eigenvalue weighted by molar-refractivity contribution is 6.20. The zero-order valence-corrected chi connectivity index (χ0v) is 13.3. The fourth-order valence-corrected chi connectivity index (χ4v) is 2.36. The standard InChI is InChI=1S/C15H19ClFN3O/c1-9(16)14-18-11-7-10(17)5-6-12(11)20(14)8-13(21)19-15(2,3)4/h5-7,9H,8H2,1-4H3,(H,19,21). The van der Waals surface area contributed by atoms with E-state index in [1.54, 1.807) is 17.6 Å². The molecule has 0 radical (unpaired) electrons. The Morgan fingerprint density at radius 2 is 2.14 bits per heavy atom. The quantitative estimate of drug-likeness (QED) is 0.883. The smallest absolute Gasteiger partial charge is 0.240 e. The summed E-state index contributed by atoms with van der Waals surface area (Å²) in [5.74, 6) is 0.0612. The highest BCUT2D eigenvalue weighted by atomic mass is 35.5. The first-order chi connectivity index (χ1) is 9.67. The second-order valence-corrected chi connectivity index (χ2v) is 6.76. The maximum absolute atomic E-state index is 13.3. The summed E-state index contributed by atoms with van der Waals surface area (Å²) in [6.07, 6.45) is 0. The third-order valence-electron chi connectivity index (χ3n) is 2.91. The van der Waals surface area contributed by atoms with Gasteiger partial charge in [-0.15, -0.1) is 11.6 Å². The highest BCUT2D eigenvalue weighted by Crippen LogP contribution is 2.25. The van der Waals surface area contributed by atoms with Gasteiger partial charge in [0.15, 0.2) is 0 Å². The van der Waals surface area contributed by atoms with E-state index in [4.69, 9.17) is 11.6 Å². The summed E-state index contributed by atoms with van der Waals surface area (Å²) in [4.78, 5) is 16.5. The lowest BCUT2D eigenvalue weighted by Gasteiger charge is -2.21. The molecule has 2 aromatic rings. The van der Waals surface area contributed by atoms with E-state index in [0.29, 0.717) is 16.9 Å². The summed E-state index contributed by atoms with van der Waals surface area (Å²) < 4.78 is 15.0. The van der Waals surface area contributed by atoms with Crippen LogP contribution in [0.25, 0.3) is 11.0 Å².